The van der Waals surface area contributed by atoms with Crippen LogP contribution in [0, 0.1) is 0 Å². The molecule has 0 unspecified atom stereocenters. The number of hydrogen-bond donors (Lipinski definition) is 2. The molecule has 0 radical (unpaired) electrons. The number of thioether (sulfide) groups is 1. The molecule has 2 aliphatic heterocycles. The lowest BCUT2D eigenvalue weighted by molar-refractivity contribution is 0.232. The number of nitrogens with zero attached hydrogens (tertiary/aromatic N) is 3. The highest BCUT2D eigenvalue weighted by atomic mass is 32.2. The molecule has 2 N–H and O–H groups in total. The number of hydrogen-bond acceptors (Lipinski definition) is 4. The van der Waals surface area contributed by atoms with Crippen LogP contribution in [0.2, 0.25) is 0 Å². The number of aliphatic imine (C=N–C) groups is 1. The number of likely N-dealkylation sites (tertiary alicyclic amines) is 1. The Hall–Kier alpha value is -1.40. The quantitative estimate of drug-likeness (QED) is 0.554. The molecule has 1 aromatic rings. The fraction of sp³-hybridized carbons (Fsp3) is 0.667. The fourth-order valence-corrected chi connectivity index (χ4v) is 4.56. The van der Waals surface area contributed by atoms with Gasteiger partial charge in [0.2, 0.25) is 0 Å². The molecule has 6 heteroatoms. The Labute approximate surface area is 169 Å². The van der Waals surface area contributed by atoms with Crippen LogP contribution in [0.5, 0.6) is 0 Å². The number of guanidine groups is 1. The molecule has 150 valence electrons. The summed E-state index contributed by atoms with van der Waals surface area (Å²) in [5.41, 5.74) is 2.60. The number of rotatable bonds is 7. The van der Waals surface area contributed by atoms with Crippen LogP contribution in [0.3, 0.4) is 0 Å². The number of anilines is 1. The van der Waals surface area contributed by atoms with Crippen LogP contribution in [-0.4, -0.2) is 68.2 Å². The Bertz CT molecular complexity index is 562. The summed E-state index contributed by atoms with van der Waals surface area (Å²) < 4.78 is 0. The van der Waals surface area contributed by atoms with Gasteiger partial charge in [-0.3, -0.25) is 0 Å². The normalized spacial score (nSPS) is 19.1. The third-order valence-electron chi connectivity index (χ3n) is 5.25. The van der Waals surface area contributed by atoms with Crippen LogP contribution < -0.4 is 15.5 Å². The second-order valence-electron chi connectivity index (χ2n) is 7.29. The summed E-state index contributed by atoms with van der Waals surface area (Å²) in [5, 5.41) is 6.85. The largest absolute Gasteiger partial charge is 0.370 e. The van der Waals surface area contributed by atoms with Gasteiger partial charge in [-0.15, -0.1) is 0 Å². The first kappa shape index (κ1) is 20.3. The van der Waals surface area contributed by atoms with Crippen molar-refractivity contribution in [2.45, 2.75) is 32.7 Å². The zero-order valence-electron chi connectivity index (χ0n) is 16.8. The van der Waals surface area contributed by atoms with Crippen LogP contribution in [0.15, 0.2) is 29.3 Å². The zero-order chi connectivity index (χ0) is 18.7. The Morgan fingerprint density at radius 3 is 2.44 bits per heavy atom. The molecule has 5 nitrogen and oxygen atoms in total. The second kappa shape index (κ2) is 11.4. The van der Waals surface area contributed by atoms with E-state index in [2.05, 4.69) is 63.4 Å². The van der Waals surface area contributed by atoms with Crippen molar-refractivity contribution in [2.24, 2.45) is 4.99 Å². The SMILES string of the molecule is CCNC(=NCc1ccc(N2CCSCC2)cc1)NCCN1CCCCC1. The van der Waals surface area contributed by atoms with E-state index >= 15 is 0 Å². The Morgan fingerprint density at radius 1 is 1.00 bits per heavy atom. The van der Waals surface area contributed by atoms with Gasteiger partial charge in [0.1, 0.15) is 0 Å². The van der Waals surface area contributed by atoms with Gasteiger partial charge in [0, 0.05) is 49.9 Å². The minimum atomic E-state index is 0.717. The highest BCUT2D eigenvalue weighted by Gasteiger charge is 2.11. The predicted octanol–water partition coefficient (Wildman–Crippen LogP) is 2.78. The first-order valence-electron chi connectivity index (χ1n) is 10.5. The highest BCUT2D eigenvalue weighted by molar-refractivity contribution is 7.99. The molecule has 0 atom stereocenters. The summed E-state index contributed by atoms with van der Waals surface area (Å²) in [6, 6.07) is 8.94. The predicted molar refractivity (Wildman–Crippen MR) is 119 cm³/mol. The molecule has 0 bridgehead atoms. The third kappa shape index (κ3) is 6.92. The van der Waals surface area contributed by atoms with Crippen LogP contribution in [0.25, 0.3) is 0 Å². The minimum absolute atomic E-state index is 0.717. The molecule has 0 amide bonds. The van der Waals surface area contributed by atoms with E-state index in [1.165, 1.54) is 55.1 Å². The van der Waals surface area contributed by atoms with Gasteiger partial charge in [0.15, 0.2) is 5.96 Å². The fourth-order valence-electron chi connectivity index (χ4n) is 3.66. The van der Waals surface area contributed by atoms with E-state index in [9.17, 15) is 0 Å². The molecule has 2 saturated heterocycles. The van der Waals surface area contributed by atoms with Crippen molar-refractivity contribution in [3.63, 3.8) is 0 Å². The maximum absolute atomic E-state index is 4.77. The average Bonchev–Trinajstić information content (AvgIpc) is 2.74. The molecule has 0 spiro atoms. The van der Waals surface area contributed by atoms with Crippen LogP contribution in [0.1, 0.15) is 31.7 Å². The van der Waals surface area contributed by atoms with E-state index in [1.54, 1.807) is 0 Å². The van der Waals surface area contributed by atoms with E-state index in [-0.39, 0.29) is 0 Å². The van der Waals surface area contributed by atoms with Gasteiger partial charge in [0.25, 0.3) is 0 Å². The van der Waals surface area contributed by atoms with Crippen LogP contribution in [0.4, 0.5) is 5.69 Å². The van der Waals surface area contributed by atoms with Gasteiger partial charge in [-0.25, -0.2) is 4.99 Å². The monoisotopic (exact) mass is 389 g/mol. The van der Waals surface area contributed by atoms with Gasteiger partial charge >= 0.3 is 0 Å². The molecule has 2 aliphatic rings. The molecule has 3 rings (SSSR count). The van der Waals surface area contributed by atoms with Gasteiger partial charge in [-0.1, -0.05) is 18.6 Å². The second-order valence-corrected chi connectivity index (χ2v) is 8.51. The summed E-state index contributed by atoms with van der Waals surface area (Å²) >= 11 is 2.05. The van der Waals surface area contributed by atoms with Gasteiger partial charge in [-0.05, 0) is 50.6 Å². The van der Waals surface area contributed by atoms with E-state index in [0.29, 0.717) is 0 Å². The molecule has 0 aromatic heterocycles. The summed E-state index contributed by atoms with van der Waals surface area (Å²) in [4.78, 5) is 9.80. The third-order valence-corrected chi connectivity index (χ3v) is 6.19. The first-order chi connectivity index (χ1) is 13.3. The molecule has 2 heterocycles. The molecular weight excluding hydrogens is 354 g/mol. The molecule has 1 aromatic carbocycles. The van der Waals surface area contributed by atoms with Crippen LogP contribution in [-0.2, 0) is 6.54 Å². The Balaban J connectivity index is 1.46. The van der Waals surface area contributed by atoms with Crippen LogP contribution >= 0.6 is 11.8 Å². The maximum atomic E-state index is 4.77. The van der Waals surface area contributed by atoms with E-state index < -0.39 is 0 Å². The molecule has 27 heavy (non-hydrogen) atoms. The highest BCUT2D eigenvalue weighted by Crippen LogP contribution is 2.20. The van der Waals surface area contributed by atoms with Crippen molar-refractivity contribution >= 4 is 23.4 Å². The average molecular weight is 390 g/mol. The van der Waals surface area contributed by atoms with Gasteiger partial charge in [-0.2, -0.15) is 11.8 Å². The molecule has 2 fully saturated rings. The Kier molecular flexibility index (Phi) is 8.62. The summed E-state index contributed by atoms with van der Waals surface area (Å²) in [6.45, 7) is 10.6. The molecular formula is C21H35N5S. The van der Waals surface area contributed by atoms with E-state index in [0.717, 1.165) is 45.2 Å². The minimum Gasteiger partial charge on any atom is -0.370 e. The lowest BCUT2D eigenvalue weighted by Gasteiger charge is -2.28. The standard InChI is InChI=1S/C21H35N5S/c1-2-22-21(23-10-13-25-11-4-3-5-12-25)24-18-19-6-8-20(9-7-19)26-14-16-27-17-15-26/h6-9H,2-5,10-18H2,1H3,(H2,22,23,24). The zero-order valence-corrected chi connectivity index (χ0v) is 17.6. The lowest BCUT2D eigenvalue weighted by Crippen LogP contribution is -2.42. The molecule has 0 aliphatic carbocycles. The first-order valence-corrected chi connectivity index (χ1v) is 11.7. The van der Waals surface area contributed by atoms with Gasteiger partial charge < -0.3 is 20.4 Å². The number of piperidine rings is 1. The van der Waals surface area contributed by atoms with E-state index in [1.807, 2.05) is 0 Å². The molecule has 0 saturated carbocycles. The topological polar surface area (TPSA) is 42.9 Å². The summed E-state index contributed by atoms with van der Waals surface area (Å²) in [7, 11) is 0. The van der Waals surface area contributed by atoms with E-state index in [4.69, 9.17) is 4.99 Å². The van der Waals surface area contributed by atoms with Crippen molar-refractivity contribution in [2.75, 3.05) is 62.2 Å². The smallest absolute Gasteiger partial charge is 0.191 e. The lowest BCUT2D eigenvalue weighted by atomic mass is 10.1. The maximum Gasteiger partial charge on any atom is 0.191 e. The van der Waals surface area contributed by atoms with Crippen molar-refractivity contribution in [1.29, 1.82) is 0 Å². The van der Waals surface area contributed by atoms with Crippen molar-refractivity contribution < 1.29 is 0 Å². The Morgan fingerprint density at radius 2 is 1.74 bits per heavy atom. The van der Waals surface area contributed by atoms with Crippen molar-refractivity contribution in [3.8, 4) is 0 Å². The summed E-state index contributed by atoms with van der Waals surface area (Å²) in [6.07, 6.45) is 4.09. The van der Waals surface area contributed by atoms with Crippen molar-refractivity contribution in [1.82, 2.24) is 15.5 Å². The summed E-state index contributed by atoms with van der Waals surface area (Å²) in [5.74, 6) is 3.40. The number of benzene rings is 1. The van der Waals surface area contributed by atoms with Gasteiger partial charge in [0.05, 0.1) is 6.54 Å². The van der Waals surface area contributed by atoms with Crippen molar-refractivity contribution in [3.05, 3.63) is 29.8 Å². The number of nitrogens with one attached hydrogen (secondary N) is 2.